The minimum atomic E-state index is -0.282. The van der Waals surface area contributed by atoms with Crippen LogP contribution in [0.5, 0.6) is 5.75 Å². The SMILES string of the molecule is CCCCc1cc(=O)oc2c(C)c3c(cc12)CN(c1ccc([C@@H](C)CC)cc1)CO3. The molecule has 1 aliphatic heterocycles. The molecule has 4 rings (SSSR count). The number of fused-ring (bicyclic) bond motifs is 2. The van der Waals surface area contributed by atoms with E-state index in [4.69, 9.17) is 9.15 Å². The average molecular weight is 406 g/mol. The van der Waals surface area contributed by atoms with Crippen molar-refractivity contribution in [2.75, 3.05) is 11.6 Å². The third-order valence-electron chi connectivity index (χ3n) is 6.34. The van der Waals surface area contributed by atoms with Crippen molar-refractivity contribution in [2.24, 2.45) is 0 Å². The molecule has 0 bridgehead atoms. The second-order valence-electron chi connectivity index (χ2n) is 8.43. The Labute approximate surface area is 178 Å². The number of unbranched alkanes of at least 4 members (excludes halogenated alkanes) is 1. The van der Waals surface area contributed by atoms with Gasteiger partial charge in [-0.1, -0.05) is 39.3 Å². The van der Waals surface area contributed by atoms with Crippen LogP contribution < -0.4 is 15.3 Å². The first-order chi connectivity index (χ1) is 14.5. The highest BCUT2D eigenvalue weighted by Gasteiger charge is 2.23. The molecule has 1 aliphatic rings. The molecule has 1 aromatic heterocycles. The topological polar surface area (TPSA) is 42.7 Å². The molecule has 0 N–H and O–H groups in total. The van der Waals surface area contributed by atoms with Crippen LogP contribution in [0.2, 0.25) is 0 Å². The van der Waals surface area contributed by atoms with Crippen LogP contribution in [0, 0.1) is 6.92 Å². The Kier molecular flexibility index (Phi) is 5.85. The molecule has 0 spiro atoms. The van der Waals surface area contributed by atoms with Gasteiger partial charge in [-0.2, -0.15) is 0 Å². The van der Waals surface area contributed by atoms with Crippen LogP contribution in [-0.2, 0) is 13.0 Å². The number of ether oxygens (including phenoxy) is 1. The molecule has 0 amide bonds. The van der Waals surface area contributed by atoms with Gasteiger partial charge in [-0.3, -0.25) is 0 Å². The van der Waals surface area contributed by atoms with Gasteiger partial charge in [0.15, 0.2) is 6.73 Å². The Hall–Kier alpha value is -2.75. The molecule has 30 heavy (non-hydrogen) atoms. The molecule has 4 heteroatoms. The van der Waals surface area contributed by atoms with Crippen LogP contribution in [-0.4, -0.2) is 6.73 Å². The second kappa shape index (κ2) is 8.55. The number of benzene rings is 2. The number of anilines is 1. The lowest BCUT2D eigenvalue weighted by Crippen LogP contribution is -2.32. The van der Waals surface area contributed by atoms with Crippen molar-refractivity contribution >= 4 is 16.7 Å². The van der Waals surface area contributed by atoms with Crippen molar-refractivity contribution in [2.45, 2.75) is 65.8 Å². The molecule has 0 unspecified atom stereocenters. The zero-order chi connectivity index (χ0) is 21.3. The molecule has 1 atom stereocenters. The van der Waals surface area contributed by atoms with Gasteiger partial charge in [-0.05, 0) is 61.4 Å². The summed E-state index contributed by atoms with van der Waals surface area (Å²) in [6.45, 7) is 9.90. The van der Waals surface area contributed by atoms with Crippen molar-refractivity contribution in [3.63, 3.8) is 0 Å². The van der Waals surface area contributed by atoms with Crippen molar-refractivity contribution in [1.82, 2.24) is 0 Å². The molecule has 2 heterocycles. The average Bonchev–Trinajstić information content (AvgIpc) is 2.77. The molecular weight excluding hydrogens is 374 g/mol. The Balaban J connectivity index is 1.69. The normalized spacial score (nSPS) is 14.5. The van der Waals surface area contributed by atoms with E-state index in [-0.39, 0.29) is 5.63 Å². The lowest BCUT2D eigenvalue weighted by Gasteiger charge is -2.32. The van der Waals surface area contributed by atoms with Crippen molar-refractivity contribution < 1.29 is 9.15 Å². The van der Waals surface area contributed by atoms with Gasteiger partial charge in [-0.15, -0.1) is 0 Å². The molecule has 3 aromatic rings. The third-order valence-corrected chi connectivity index (χ3v) is 6.34. The zero-order valence-corrected chi connectivity index (χ0v) is 18.5. The molecule has 0 radical (unpaired) electrons. The van der Waals surface area contributed by atoms with E-state index < -0.39 is 0 Å². The number of rotatable bonds is 6. The molecule has 0 saturated carbocycles. The summed E-state index contributed by atoms with van der Waals surface area (Å²) in [5, 5.41) is 1.04. The van der Waals surface area contributed by atoms with Gasteiger partial charge in [0.2, 0.25) is 0 Å². The number of hydrogen-bond donors (Lipinski definition) is 0. The van der Waals surface area contributed by atoms with Gasteiger partial charge < -0.3 is 14.1 Å². The Morgan fingerprint density at radius 3 is 2.60 bits per heavy atom. The smallest absolute Gasteiger partial charge is 0.336 e. The van der Waals surface area contributed by atoms with Crippen molar-refractivity contribution in [1.29, 1.82) is 0 Å². The first kappa shape index (κ1) is 20.5. The van der Waals surface area contributed by atoms with Gasteiger partial charge in [0, 0.05) is 34.8 Å². The highest BCUT2D eigenvalue weighted by molar-refractivity contribution is 5.86. The maximum atomic E-state index is 12.1. The zero-order valence-electron chi connectivity index (χ0n) is 18.5. The third kappa shape index (κ3) is 3.83. The highest BCUT2D eigenvalue weighted by Crippen LogP contribution is 2.37. The fourth-order valence-electron chi connectivity index (χ4n) is 4.27. The highest BCUT2D eigenvalue weighted by atomic mass is 16.5. The van der Waals surface area contributed by atoms with Gasteiger partial charge >= 0.3 is 5.63 Å². The number of aryl methyl sites for hydroxylation is 2. The van der Waals surface area contributed by atoms with Gasteiger partial charge in [0.1, 0.15) is 11.3 Å². The van der Waals surface area contributed by atoms with E-state index >= 15 is 0 Å². The minimum Gasteiger partial charge on any atom is -0.472 e. The maximum Gasteiger partial charge on any atom is 0.336 e. The monoisotopic (exact) mass is 405 g/mol. The summed E-state index contributed by atoms with van der Waals surface area (Å²) in [4.78, 5) is 14.4. The van der Waals surface area contributed by atoms with Crippen molar-refractivity contribution in [3.8, 4) is 5.75 Å². The van der Waals surface area contributed by atoms with Gasteiger partial charge in [0.05, 0.1) is 0 Å². The number of nitrogens with zero attached hydrogens (tertiary/aromatic N) is 1. The lowest BCUT2D eigenvalue weighted by atomic mass is 9.97. The largest absolute Gasteiger partial charge is 0.472 e. The van der Waals surface area contributed by atoms with E-state index in [0.29, 0.717) is 18.2 Å². The predicted octanol–water partition coefficient (Wildman–Crippen LogP) is 6.31. The van der Waals surface area contributed by atoms with Crippen LogP contribution in [0.15, 0.2) is 45.6 Å². The summed E-state index contributed by atoms with van der Waals surface area (Å²) < 4.78 is 11.7. The first-order valence-corrected chi connectivity index (χ1v) is 11.1. The minimum absolute atomic E-state index is 0.282. The summed E-state index contributed by atoms with van der Waals surface area (Å²) in [5.74, 6) is 1.42. The molecule has 158 valence electrons. The maximum absolute atomic E-state index is 12.1. The summed E-state index contributed by atoms with van der Waals surface area (Å²) in [6.07, 6.45) is 4.18. The van der Waals surface area contributed by atoms with Gasteiger partial charge in [0.25, 0.3) is 0 Å². The van der Waals surface area contributed by atoms with Crippen LogP contribution in [0.25, 0.3) is 11.0 Å². The molecule has 4 nitrogen and oxygen atoms in total. The Morgan fingerprint density at radius 2 is 1.90 bits per heavy atom. The first-order valence-electron chi connectivity index (χ1n) is 11.1. The van der Waals surface area contributed by atoms with Crippen molar-refractivity contribution in [3.05, 3.63) is 69.1 Å². The molecule has 0 saturated heterocycles. The summed E-state index contributed by atoms with van der Waals surface area (Å²) >= 11 is 0. The predicted molar refractivity (Wildman–Crippen MR) is 123 cm³/mol. The van der Waals surface area contributed by atoms with E-state index in [1.165, 1.54) is 5.56 Å². The standard InChI is InChI=1S/C26H31NO3/c1-5-7-8-20-14-24(28)30-26-18(4)25-21(13-23(20)26)15-27(16-29-25)22-11-9-19(10-12-22)17(3)6-2/h9-14,17H,5-8,15-16H2,1-4H3/t17-/m0/s1. The van der Waals surface area contributed by atoms with Crippen LogP contribution in [0.1, 0.15) is 68.2 Å². The lowest BCUT2D eigenvalue weighted by molar-refractivity contribution is 0.287. The molecule has 0 aliphatic carbocycles. The quantitative estimate of drug-likeness (QED) is 0.450. The summed E-state index contributed by atoms with van der Waals surface area (Å²) in [7, 11) is 0. The molecule has 0 fully saturated rings. The Bertz CT molecular complexity index is 1100. The van der Waals surface area contributed by atoms with E-state index in [2.05, 4.69) is 56.0 Å². The summed E-state index contributed by atoms with van der Waals surface area (Å²) in [5.41, 5.74) is 6.06. The van der Waals surface area contributed by atoms with Crippen LogP contribution >= 0.6 is 0 Å². The fourth-order valence-corrected chi connectivity index (χ4v) is 4.27. The van der Waals surface area contributed by atoms with E-state index in [0.717, 1.165) is 65.7 Å². The number of hydrogen-bond acceptors (Lipinski definition) is 4. The fraction of sp³-hybridized carbons (Fsp3) is 0.423. The van der Waals surface area contributed by atoms with Crippen LogP contribution in [0.4, 0.5) is 5.69 Å². The van der Waals surface area contributed by atoms with Crippen LogP contribution in [0.3, 0.4) is 0 Å². The molecule has 2 aromatic carbocycles. The summed E-state index contributed by atoms with van der Waals surface area (Å²) in [6, 6.07) is 12.6. The second-order valence-corrected chi connectivity index (χ2v) is 8.43. The van der Waals surface area contributed by atoms with Gasteiger partial charge in [-0.25, -0.2) is 4.79 Å². The van der Waals surface area contributed by atoms with E-state index in [1.807, 2.05) is 6.92 Å². The Morgan fingerprint density at radius 1 is 1.13 bits per heavy atom. The van der Waals surface area contributed by atoms with E-state index in [9.17, 15) is 4.79 Å². The molecular formula is C26H31NO3. The van der Waals surface area contributed by atoms with E-state index in [1.54, 1.807) is 6.07 Å².